The molecule has 2 unspecified atom stereocenters. The fraction of sp³-hybridized carbons (Fsp3) is 0.923. The lowest BCUT2D eigenvalue weighted by molar-refractivity contribution is -0.148. The molecule has 3 nitrogen and oxygen atoms in total. The van der Waals surface area contributed by atoms with Crippen LogP contribution in [0.4, 0.5) is 0 Å². The molecule has 1 aliphatic carbocycles. The third-order valence-electron chi connectivity index (χ3n) is 4.46. The molecule has 3 heteroatoms. The smallest absolute Gasteiger partial charge is 0.228 e. The van der Waals surface area contributed by atoms with E-state index in [0.717, 1.165) is 32.4 Å². The van der Waals surface area contributed by atoms with Gasteiger partial charge in [-0.15, -0.1) is 0 Å². The predicted octanol–water partition coefficient (Wildman–Crippen LogP) is 1.76. The van der Waals surface area contributed by atoms with Crippen LogP contribution in [0.5, 0.6) is 0 Å². The maximum Gasteiger partial charge on any atom is 0.228 e. The van der Waals surface area contributed by atoms with Gasteiger partial charge in [0.15, 0.2) is 0 Å². The minimum atomic E-state index is -0.0419. The zero-order valence-electron chi connectivity index (χ0n) is 10.5. The highest BCUT2D eigenvalue weighted by atomic mass is 16.2. The quantitative estimate of drug-likeness (QED) is 0.777. The van der Waals surface area contributed by atoms with E-state index in [0.29, 0.717) is 11.8 Å². The van der Waals surface area contributed by atoms with Crippen molar-refractivity contribution in [2.45, 2.75) is 52.0 Å². The minimum absolute atomic E-state index is 0.0419. The van der Waals surface area contributed by atoms with Gasteiger partial charge in [0.05, 0.1) is 0 Å². The fourth-order valence-corrected chi connectivity index (χ4v) is 2.93. The molecule has 1 saturated heterocycles. The SMILES string of the molecule is CC(N)C1CCCN(C(=O)C2(C)CCC2)C1. The fourth-order valence-electron chi connectivity index (χ4n) is 2.93. The molecule has 0 spiro atoms. The van der Waals surface area contributed by atoms with Crippen LogP contribution in [0.15, 0.2) is 0 Å². The minimum Gasteiger partial charge on any atom is -0.342 e. The Balaban J connectivity index is 1.96. The van der Waals surface area contributed by atoms with Crippen molar-refractivity contribution < 1.29 is 4.79 Å². The first-order valence-electron chi connectivity index (χ1n) is 6.58. The zero-order valence-corrected chi connectivity index (χ0v) is 10.5. The summed E-state index contributed by atoms with van der Waals surface area (Å²) in [5, 5.41) is 0. The lowest BCUT2D eigenvalue weighted by atomic mass is 9.69. The number of amides is 1. The van der Waals surface area contributed by atoms with Crippen LogP contribution in [-0.2, 0) is 4.79 Å². The Labute approximate surface area is 98.4 Å². The number of nitrogens with zero attached hydrogens (tertiary/aromatic N) is 1. The third kappa shape index (κ3) is 2.10. The van der Waals surface area contributed by atoms with Crippen molar-refractivity contribution in [3.05, 3.63) is 0 Å². The molecule has 16 heavy (non-hydrogen) atoms. The molecular weight excluding hydrogens is 200 g/mol. The highest BCUT2D eigenvalue weighted by Crippen LogP contribution is 2.42. The summed E-state index contributed by atoms with van der Waals surface area (Å²) in [5.41, 5.74) is 5.91. The molecule has 1 heterocycles. The van der Waals surface area contributed by atoms with Crippen LogP contribution in [0.2, 0.25) is 0 Å². The molecule has 0 bridgehead atoms. The molecular formula is C13H24N2O. The average molecular weight is 224 g/mol. The summed E-state index contributed by atoms with van der Waals surface area (Å²) in [6.07, 6.45) is 5.66. The Morgan fingerprint density at radius 3 is 2.62 bits per heavy atom. The van der Waals surface area contributed by atoms with E-state index in [1.807, 2.05) is 0 Å². The van der Waals surface area contributed by atoms with Crippen molar-refractivity contribution in [2.75, 3.05) is 13.1 Å². The van der Waals surface area contributed by atoms with Gasteiger partial charge in [0.2, 0.25) is 5.91 Å². The molecule has 2 rings (SSSR count). The Kier molecular flexibility index (Phi) is 3.24. The molecule has 1 amide bonds. The van der Waals surface area contributed by atoms with Crippen molar-refractivity contribution in [3.63, 3.8) is 0 Å². The number of hydrogen-bond donors (Lipinski definition) is 1. The number of nitrogens with two attached hydrogens (primary N) is 1. The highest BCUT2D eigenvalue weighted by molar-refractivity contribution is 5.83. The Morgan fingerprint density at radius 2 is 2.12 bits per heavy atom. The summed E-state index contributed by atoms with van der Waals surface area (Å²) in [4.78, 5) is 14.4. The largest absolute Gasteiger partial charge is 0.342 e. The maximum atomic E-state index is 12.4. The van der Waals surface area contributed by atoms with Gasteiger partial charge in [0, 0.05) is 24.5 Å². The van der Waals surface area contributed by atoms with Gasteiger partial charge in [-0.25, -0.2) is 0 Å². The molecule has 1 aliphatic heterocycles. The van der Waals surface area contributed by atoms with E-state index in [2.05, 4.69) is 18.7 Å². The second-order valence-electron chi connectivity index (χ2n) is 5.93. The second-order valence-corrected chi connectivity index (χ2v) is 5.93. The van der Waals surface area contributed by atoms with Crippen molar-refractivity contribution >= 4 is 5.91 Å². The summed E-state index contributed by atoms with van der Waals surface area (Å²) in [6.45, 7) is 6.00. The van der Waals surface area contributed by atoms with Crippen molar-refractivity contribution in [1.29, 1.82) is 0 Å². The van der Waals surface area contributed by atoms with E-state index in [9.17, 15) is 4.79 Å². The number of hydrogen-bond acceptors (Lipinski definition) is 2. The van der Waals surface area contributed by atoms with Crippen LogP contribution in [0.3, 0.4) is 0 Å². The van der Waals surface area contributed by atoms with Crippen LogP contribution in [0, 0.1) is 11.3 Å². The first-order valence-corrected chi connectivity index (χ1v) is 6.58. The lowest BCUT2D eigenvalue weighted by Gasteiger charge is -2.44. The van der Waals surface area contributed by atoms with Gasteiger partial charge in [0.25, 0.3) is 0 Å². The third-order valence-corrected chi connectivity index (χ3v) is 4.46. The van der Waals surface area contributed by atoms with Crippen LogP contribution >= 0.6 is 0 Å². The normalized spacial score (nSPS) is 30.7. The summed E-state index contributed by atoms with van der Waals surface area (Å²) in [5.74, 6) is 0.880. The molecule has 0 aromatic rings. The summed E-state index contributed by atoms with van der Waals surface area (Å²) in [7, 11) is 0. The molecule has 92 valence electrons. The van der Waals surface area contributed by atoms with E-state index >= 15 is 0 Å². The lowest BCUT2D eigenvalue weighted by Crippen LogP contribution is -2.51. The van der Waals surface area contributed by atoms with E-state index in [-0.39, 0.29) is 11.5 Å². The van der Waals surface area contributed by atoms with E-state index in [4.69, 9.17) is 5.73 Å². The van der Waals surface area contributed by atoms with Crippen LogP contribution in [0.25, 0.3) is 0 Å². The van der Waals surface area contributed by atoms with Crippen molar-refractivity contribution in [1.82, 2.24) is 4.90 Å². The van der Waals surface area contributed by atoms with Crippen molar-refractivity contribution in [2.24, 2.45) is 17.1 Å². The predicted molar refractivity (Wildman–Crippen MR) is 64.9 cm³/mol. The number of carbonyl (C=O) groups is 1. The summed E-state index contributed by atoms with van der Waals surface area (Å²) >= 11 is 0. The number of piperidine rings is 1. The van der Waals surface area contributed by atoms with E-state index in [1.54, 1.807) is 0 Å². The van der Waals surface area contributed by atoms with Crippen LogP contribution in [0.1, 0.15) is 46.0 Å². The van der Waals surface area contributed by atoms with E-state index < -0.39 is 0 Å². The molecule has 2 N–H and O–H groups in total. The molecule has 2 aliphatic rings. The van der Waals surface area contributed by atoms with Gasteiger partial charge < -0.3 is 10.6 Å². The van der Waals surface area contributed by atoms with Crippen molar-refractivity contribution in [3.8, 4) is 0 Å². The topological polar surface area (TPSA) is 46.3 Å². The van der Waals surface area contributed by atoms with Gasteiger partial charge in [-0.05, 0) is 38.5 Å². The van der Waals surface area contributed by atoms with Gasteiger partial charge >= 0.3 is 0 Å². The zero-order chi connectivity index (χ0) is 11.8. The number of rotatable bonds is 2. The summed E-state index contributed by atoms with van der Waals surface area (Å²) < 4.78 is 0. The standard InChI is InChI=1S/C13H24N2O/c1-10(14)11-5-3-8-15(9-11)12(16)13(2)6-4-7-13/h10-11H,3-9,14H2,1-2H3. The molecule has 0 aromatic carbocycles. The Hall–Kier alpha value is -0.570. The van der Waals surface area contributed by atoms with Crippen LogP contribution < -0.4 is 5.73 Å². The first kappa shape index (κ1) is 11.9. The molecule has 2 atom stereocenters. The van der Waals surface area contributed by atoms with Gasteiger partial charge in [-0.2, -0.15) is 0 Å². The van der Waals surface area contributed by atoms with E-state index in [1.165, 1.54) is 12.8 Å². The van der Waals surface area contributed by atoms with Gasteiger partial charge in [0.1, 0.15) is 0 Å². The molecule has 0 radical (unpaired) electrons. The Bertz CT molecular complexity index is 271. The van der Waals surface area contributed by atoms with Gasteiger partial charge in [-0.3, -0.25) is 4.79 Å². The average Bonchev–Trinajstić information content (AvgIpc) is 2.25. The second kappa shape index (κ2) is 4.36. The maximum absolute atomic E-state index is 12.4. The number of carbonyl (C=O) groups excluding carboxylic acids is 1. The number of likely N-dealkylation sites (tertiary alicyclic amines) is 1. The highest BCUT2D eigenvalue weighted by Gasteiger charge is 2.42. The monoisotopic (exact) mass is 224 g/mol. The molecule has 0 aromatic heterocycles. The van der Waals surface area contributed by atoms with Crippen LogP contribution in [-0.4, -0.2) is 29.9 Å². The first-order chi connectivity index (χ1) is 7.53. The molecule has 1 saturated carbocycles. The van der Waals surface area contributed by atoms with Gasteiger partial charge in [-0.1, -0.05) is 13.3 Å². The molecule has 2 fully saturated rings. The Morgan fingerprint density at radius 1 is 1.44 bits per heavy atom. The summed E-state index contributed by atoms with van der Waals surface area (Å²) in [6, 6.07) is 0.213.